The number of carbonyl (C=O) groups is 1. The van der Waals surface area contributed by atoms with Crippen molar-refractivity contribution >= 4 is 23.2 Å². The molecular formula is C27H34ClF3N4O. The molecule has 2 saturated heterocycles. The second kappa shape index (κ2) is 11.4. The van der Waals surface area contributed by atoms with E-state index in [1.807, 2.05) is 36.1 Å². The third-order valence-corrected chi connectivity index (χ3v) is 7.48. The standard InChI is InChI=1S/C27H34ClF3N4O/c1-19(15-21-3-6-24(28)7-4-21)26(36)34-13-11-33(12-14-34)25-8-5-23(27(29,30)31)16-22(25)18-35-10-9-32-17-20(35)2/h3-8,16,19-20,32H,9-15,17-18H2,1-2H3. The summed E-state index contributed by atoms with van der Waals surface area (Å²) in [6.45, 7) is 9.23. The smallest absolute Gasteiger partial charge is 0.368 e. The van der Waals surface area contributed by atoms with E-state index in [0.717, 1.165) is 30.9 Å². The fourth-order valence-corrected chi connectivity index (χ4v) is 5.20. The van der Waals surface area contributed by atoms with Crippen molar-refractivity contribution in [2.75, 3.05) is 50.7 Å². The van der Waals surface area contributed by atoms with Crippen LogP contribution in [-0.4, -0.2) is 67.6 Å². The largest absolute Gasteiger partial charge is 0.416 e. The molecule has 2 aromatic carbocycles. The summed E-state index contributed by atoms with van der Waals surface area (Å²) in [5.41, 5.74) is 1.97. The lowest BCUT2D eigenvalue weighted by molar-refractivity contribution is -0.137. The van der Waals surface area contributed by atoms with Crippen molar-refractivity contribution in [3.63, 3.8) is 0 Å². The van der Waals surface area contributed by atoms with Crippen molar-refractivity contribution in [1.29, 1.82) is 0 Å². The number of nitrogens with one attached hydrogen (secondary N) is 1. The molecule has 1 amide bonds. The number of benzene rings is 2. The summed E-state index contributed by atoms with van der Waals surface area (Å²) in [5, 5.41) is 4.00. The van der Waals surface area contributed by atoms with E-state index in [-0.39, 0.29) is 17.9 Å². The number of piperazine rings is 2. The van der Waals surface area contributed by atoms with E-state index in [2.05, 4.69) is 22.0 Å². The molecule has 36 heavy (non-hydrogen) atoms. The minimum Gasteiger partial charge on any atom is -0.368 e. The van der Waals surface area contributed by atoms with Gasteiger partial charge in [-0.25, -0.2) is 0 Å². The number of alkyl halides is 3. The molecule has 0 spiro atoms. The number of halogens is 4. The monoisotopic (exact) mass is 522 g/mol. The molecule has 2 heterocycles. The van der Waals surface area contributed by atoms with Gasteiger partial charge < -0.3 is 15.1 Å². The molecule has 9 heteroatoms. The second-order valence-electron chi connectivity index (χ2n) is 9.91. The Morgan fingerprint density at radius 1 is 1.08 bits per heavy atom. The molecule has 2 fully saturated rings. The zero-order chi connectivity index (χ0) is 25.9. The number of hydrogen-bond donors (Lipinski definition) is 1. The van der Waals surface area contributed by atoms with Crippen LogP contribution in [0.25, 0.3) is 0 Å². The molecule has 2 aliphatic rings. The number of nitrogens with zero attached hydrogens (tertiary/aromatic N) is 3. The topological polar surface area (TPSA) is 38.8 Å². The molecule has 0 bridgehead atoms. The predicted octanol–water partition coefficient (Wildman–Crippen LogP) is 4.68. The lowest BCUT2D eigenvalue weighted by atomic mass is 9.99. The molecule has 0 saturated carbocycles. The van der Waals surface area contributed by atoms with Gasteiger partial charge >= 0.3 is 6.18 Å². The third-order valence-electron chi connectivity index (χ3n) is 7.23. The predicted molar refractivity (Wildman–Crippen MR) is 137 cm³/mol. The highest BCUT2D eigenvalue weighted by Gasteiger charge is 2.33. The van der Waals surface area contributed by atoms with E-state index < -0.39 is 11.7 Å². The van der Waals surface area contributed by atoms with Gasteiger partial charge in [-0.05, 0) is 54.8 Å². The van der Waals surface area contributed by atoms with Gasteiger partial charge in [0.05, 0.1) is 5.56 Å². The highest BCUT2D eigenvalue weighted by molar-refractivity contribution is 6.30. The summed E-state index contributed by atoms with van der Waals surface area (Å²) >= 11 is 5.96. The van der Waals surface area contributed by atoms with Crippen molar-refractivity contribution in [2.24, 2.45) is 5.92 Å². The summed E-state index contributed by atoms with van der Waals surface area (Å²) < 4.78 is 40.5. The van der Waals surface area contributed by atoms with Gasteiger partial charge in [-0.1, -0.05) is 30.7 Å². The maximum Gasteiger partial charge on any atom is 0.416 e. The molecular weight excluding hydrogens is 489 g/mol. The lowest BCUT2D eigenvalue weighted by Crippen LogP contribution is -2.51. The Morgan fingerprint density at radius 3 is 2.42 bits per heavy atom. The average molecular weight is 523 g/mol. The fraction of sp³-hybridized carbons (Fsp3) is 0.519. The second-order valence-corrected chi connectivity index (χ2v) is 10.3. The molecule has 196 valence electrons. The van der Waals surface area contributed by atoms with Crippen LogP contribution in [0.3, 0.4) is 0 Å². The van der Waals surface area contributed by atoms with Gasteiger partial charge in [0.25, 0.3) is 0 Å². The van der Waals surface area contributed by atoms with Gasteiger partial charge in [0.2, 0.25) is 5.91 Å². The fourth-order valence-electron chi connectivity index (χ4n) is 5.07. The van der Waals surface area contributed by atoms with E-state index in [9.17, 15) is 18.0 Å². The Balaban J connectivity index is 1.43. The molecule has 0 aromatic heterocycles. The highest BCUT2D eigenvalue weighted by Crippen LogP contribution is 2.34. The molecule has 4 rings (SSSR count). The van der Waals surface area contributed by atoms with Crippen LogP contribution >= 0.6 is 11.6 Å². The first kappa shape index (κ1) is 26.8. The Hall–Kier alpha value is -2.29. The van der Waals surface area contributed by atoms with E-state index in [1.165, 1.54) is 12.1 Å². The number of carbonyl (C=O) groups excluding carboxylic acids is 1. The SMILES string of the molecule is CC(Cc1ccc(Cl)cc1)C(=O)N1CCN(c2ccc(C(F)(F)F)cc2CN2CCNCC2C)CC1. The van der Waals surface area contributed by atoms with Gasteiger partial charge in [0, 0.05) is 75.0 Å². The van der Waals surface area contributed by atoms with Crippen LogP contribution in [0.5, 0.6) is 0 Å². The van der Waals surface area contributed by atoms with Gasteiger partial charge in [0.15, 0.2) is 0 Å². The maximum atomic E-state index is 13.5. The quantitative estimate of drug-likeness (QED) is 0.598. The number of hydrogen-bond acceptors (Lipinski definition) is 4. The van der Waals surface area contributed by atoms with E-state index in [4.69, 9.17) is 11.6 Å². The Bertz CT molecular complexity index is 1040. The molecule has 5 nitrogen and oxygen atoms in total. The minimum atomic E-state index is -4.38. The number of rotatable bonds is 6. The summed E-state index contributed by atoms with van der Waals surface area (Å²) in [6, 6.07) is 11.9. The van der Waals surface area contributed by atoms with E-state index in [0.29, 0.717) is 49.7 Å². The molecule has 0 radical (unpaired) electrons. The first-order valence-corrected chi connectivity index (χ1v) is 12.9. The van der Waals surface area contributed by atoms with Crippen LogP contribution in [0.1, 0.15) is 30.5 Å². The lowest BCUT2D eigenvalue weighted by Gasteiger charge is -2.39. The van der Waals surface area contributed by atoms with Crippen LogP contribution in [-0.2, 0) is 23.9 Å². The van der Waals surface area contributed by atoms with Crippen LogP contribution in [0.2, 0.25) is 5.02 Å². The van der Waals surface area contributed by atoms with Crippen LogP contribution < -0.4 is 10.2 Å². The van der Waals surface area contributed by atoms with Crippen molar-refractivity contribution < 1.29 is 18.0 Å². The molecule has 2 unspecified atom stereocenters. The van der Waals surface area contributed by atoms with Crippen molar-refractivity contribution in [3.05, 3.63) is 64.2 Å². The number of anilines is 1. The summed E-state index contributed by atoms with van der Waals surface area (Å²) in [6.07, 6.45) is -3.74. The van der Waals surface area contributed by atoms with E-state index in [1.54, 1.807) is 6.07 Å². The van der Waals surface area contributed by atoms with Crippen LogP contribution in [0.15, 0.2) is 42.5 Å². The molecule has 2 aliphatic heterocycles. The zero-order valence-electron chi connectivity index (χ0n) is 20.8. The minimum absolute atomic E-state index is 0.104. The molecule has 1 N–H and O–H groups in total. The Morgan fingerprint density at radius 2 is 1.78 bits per heavy atom. The van der Waals surface area contributed by atoms with Gasteiger partial charge in [-0.15, -0.1) is 0 Å². The normalized spacial score (nSPS) is 20.4. The summed E-state index contributed by atoms with van der Waals surface area (Å²) in [4.78, 5) is 19.3. The van der Waals surface area contributed by atoms with Crippen LogP contribution in [0.4, 0.5) is 18.9 Å². The third kappa shape index (κ3) is 6.52. The van der Waals surface area contributed by atoms with Crippen LogP contribution in [0, 0.1) is 5.92 Å². The van der Waals surface area contributed by atoms with Crippen molar-refractivity contribution in [3.8, 4) is 0 Å². The molecule has 2 aromatic rings. The Labute approximate surface area is 216 Å². The first-order chi connectivity index (χ1) is 17.1. The number of amides is 1. The van der Waals surface area contributed by atoms with Gasteiger partial charge in [-0.2, -0.15) is 13.2 Å². The first-order valence-electron chi connectivity index (χ1n) is 12.5. The Kier molecular flexibility index (Phi) is 8.48. The zero-order valence-corrected chi connectivity index (χ0v) is 21.6. The summed E-state index contributed by atoms with van der Waals surface area (Å²) in [7, 11) is 0. The van der Waals surface area contributed by atoms with Gasteiger partial charge in [0.1, 0.15) is 0 Å². The van der Waals surface area contributed by atoms with Gasteiger partial charge in [-0.3, -0.25) is 9.69 Å². The molecule has 2 atom stereocenters. The maximum absolute atomic E-state index is 13.5. The highest BCUT2D eigenvalue weighted by atomic mass is 35.5. The average Bonchev–Trinajstić information content (AvgIpc) is 2.86. The summed E-state index contributed by atoms with van der Waals surface area (Å²) in [5.74, 6) is -0.0551. The molecule has 0 aliphatic carbocycles. The van der Waals surface area contributed by atoms with E-state index >= 15 is 0 Å². The van der Waals surface area contributed by atoms with Crippen molar-refractivity contribution in [1.82, 2.24) is 15.1 Å². The van der Waals surface area contributed by atoms with Crippen molar-refractivity contribution in [2.45, 2.75) is 39.0 Å².